The van der Waals surface area contributed by atoms with Crippen LogP contribution in [0.1, 0.15) is 13.8 Å². The van der Waals surface area contributed by atoms with Gasteiger partial charge in [0, 0.05) is 10.7 Å². The Morgan fingerprint density at radius 3 is 2.82 bits per heavy atom. The molecule has 1 aliphatic rings. The van der Waals surface area contributed by atoms with Crippen LogP contribution in [0.4, 0.5) is 0 Å². The summed E-state index contributed by atoms with van der Waals surface area (Å²) < 4.78 is 6.52. The fraction of sp³-hybridized carbons (Fsp3) is 0.500. The smallest absolute Gasteiger partial charge is 0.147 e. The zero-order chi connectivity index (χ0) is 8.27. The van der Waals surface area contributed by atoms with Gasteiger partial charge in [0.15, 0.2) is 0 Å². The Labute approximate surface area is 75.4 Å². The molecule has 0 aliphatic carbocycles. The number of ether oxygens (including phenoxy) is 1. The van der Waals surface area contributed by atoms with Gasteiger partial charge >= 0.3 is 0 Å². The van der Waals surface area contributed by atoms with Gasteiger partial charge in [0.05, 0.1) is 6.10 Å². The van der Waals surface area contributed by atoms with Crippen molar-refractivity contribution in [1.29, 1.82) is 0 Å². The molecule has 0 fully saturated rings. The average Bonchev–Trinajstić information content (AvgIpc) is 1.93. The number of hydrogen-bond acceptors (Lipinski definition) is 2. The zero-order valence-electron chi connectivity index (χ0n) is 6.67. The van der Waals surface area contributed by atoms with E-state index in [4.69, 9.17) is 4.74 Å². The fourth-order valence-corrected chi connectivity index (χ4v) is 1.11. The highest BCUT2D eigenvalue weighted by atomic mass is 79.9. The molecule has 1 heterocycles. The molecule has 3 heteroatoms. The van der Waals surface area contributed by atoms with Crippen molar-refractivity contribution in [2.24, 2.45) is 0 Å². The number of dihydropyridines is 1. The van der Waals surface area contributed by atoms with Crippen LogP contribution in [0.3, 0.4) is 0 Å². The van der Waals surface area contributed by atoms with E-state index in [0.717, 1.165) is 4.48 Å². The summed E-state index contributed by atoms with van der Waals surface area (Å²) in [6.07, 6.45) is 6.11. The third-order valence-corrected chi connectivity index (χ3v) is 1.73. The summed E-state index contributed by atoms with van der Waals surface area (Å²) in [5, 5.41) is 3.08. The Kier molecular flexibility index (Phi) is 3.15. The first-order valence-electron chi connectivity index (χ1n) is 3.64. The molecule has 0 saturated heterocycles. The number of hydrogen-bond donors (Lipinski definition) is 1. The molecular formula is C8H12BrNO. The fourth-order valence-electron chi connectivity index (χ4n) is 0.823. The minimum Gasteiger partial charge on any atom is -0.362 e. The SMILES string of the molecule is CC(C)OC1C=CC(Br)=CN1. The number of rotatable bonds is 2. The maximum absolute atomic E-state index is 5.48. The van der Waals surface area contributed by atoms with E-state index in [2.05, 4.69) is 21.2 Å². The highest BCUT2D eigenvalue weighted by Crippen LogP contribution is 2.11. The van der Waals surface area contributed by atoms with Crippen molar-refractivity contribution >= 4 is 15.9 Å². The lowest BCUT2D eigenvalue weighted by atomic mass is 10.3. The Morgan fingerprint density at radius 1 is 1.64 bits per heavy atom. The third kappa shape index (κ3) is 3.08. The molecular weight excluding hydrogens is 206 g/mol. The van der Waals surface area contributed by atoms with Gasteiger partial charge in [-0.25, -0.2) is 0 Å². The largest absolute Gasteiger partial charge is 0.362 e. The van der Waals surface area contributed by atoms with Gasteiger partial charge in [-0.05, 0) is 41.9 Å². The van der Waals surface area contributed by atoms with Gasteiger partial charge in [-0.1, -0.05) is 0 Å². The Morgan fingerprint density at radius 2 is 2.36 bits per heavy atom. The molecule has 1 rings (SSSR count). The monoisotopic (exact) mass is 217 g/mol. The first kappa shape index (κ1) is 8.81. The summed E-state index contributed by atoms with van der Waals surface area (Å²) in [7, 11) is 0. The highest BCUT2D eigenvalue weighted by Gasteiger charge is 2.07. The highest BCUT2D eigenvalue weighted by molar-refractivity contribution is 9.11. The van der Waals surface area contributed by atoms with Crippen LogP contribution < -0.4 is 5.32 Å². The minimum atomic E-state index is 0.0244. The Bertz CT molecular complexity index is 187. The summed E-state index contributed by atoms with van der Waals surface area (Å²) in [4.78, 5) is 0. The van der Waals surface area contributed by atoms with E-state index in [9.17, 15) is 0 Å². The van der Waals surface area contributed by atoms with Gasteiger partial charge in [-0.3, -0.25) is 0 Å². The van der Waals surface area contributed by atoms with Crippen LogP contribution in [0.2, 0.25) is 0 Å². The normalized spacial score (nSPS) is 23.3. The van der Waals surface area contributed by atoms with Crippen LogP contribution in [0.25, 0.3) is 0 Å². The lowest BCUT2D eigenvalue weighted by molar-refractivity contribution is 0.0236. The van der Waals surface area contributed by atoms with Crippen LogP contribution in [0.15, 0.2) is 22.8 Å². The summed E-state index contributed by atoms with van der Waals surface area (Å²) in [6, 6.07) is 0. The third-order valence-electron chi connectivity index (χ3n) is 1.23. The molecule has 1 unspecified atom stereocenters. The van der Waals surface area contributed by atoms with E-state index in [0.29, 0.717) is 0 Å². The molecule has 0 aromatic carbocycles. The van der Waals surface area contributed by atoms with Gasteiger partial charge in [-0.2, -0.15) is 0 Å². The molecule has 0 bridgehead atoms. The van der Waals surface area contributed by atoms with Gasteiger partial charge < -0.3 is 10.1 Å². The topological polar surface area (TPSA) is 21.3 Å². The van der Waals surface area contributed by atoms with Crippen molar-refractivity contribution in [2.45, 2.75) is 26.2 Å². The first-order chi connectivity index (χ1) is 5.18. The second-order valence-electron chi connectivity index (χ2n) is 2.66. The summed E-state index contributed by atoms with van der Waals surface area (Å²) in [5.41, 5.74) is 0. The van der Waals surface area contributed by atoms with Crippen molar-refractivity contribution in [3.63, 3.8) is 0 Å². The second kappa shape index (κ2) is 3.93. The predicted molar refractivity (Wildman–Crippen MR) is 49.3 cm³/mol. The average molecular weight is 218 g/mol. The van der Waals surface area contributed by atoms with Gasteiger partial charge in [0.1, 0.15) is 6.23 Å². The van der Waals surface area contributed by atoms with Gasteiger partial charge in [0.2, 0.25) is 0 Å². The van der Waals surface area contributed by atoms with Gasteiger partial charge in [-0.15, -0.1) is 0 Å². The molecule has 1 N–H and O–H groups in total. The first-order valence-corrected chi connectivity index (χ1v) is 4.43. The second-order valence-corrected chi connectivity index (χ2v) is 3.58. The molecule has 1 aliphatic heterocycles. The van der Waals surface area contributed by atoms with Crippen LogP contribution in [-0.2, 0) is 4.74 Å². The summed E-state index contributed by atoms with van der Waals surface area (Å²) in [6.45, 7) is 4.03. The maximum Gasteiger partial charge on any atom is 0.147 e. The lowest BCUT2D eigenvalue weighted by Crippen LogP contribution is -2.29. The van der Waals surface area contributed by atoms with Crippen molar-refractivity contribution in [3.05, 3.63) is 22.8 Å². The number of allylic oxidation sites excluding steroid dienone is 2. The molecule has 2 nitrogen and oxygen atoms in total. The summed E-state index contributed by atoms with van der Waals surface area (Å²) >= 11 is 3.34. The number of halogens is 1. The molecule has 62 valence electrons. The van der Waals surface area contributed by atoms with Crippen LogP contribution in [-0.4, -0.2) is 12.3 Å². The molecule has 0 aromatic rings. The van der Waals surface area contributed by atoms with E-state index >= 15 is 0 Å². The zero-order valence-corrected chi connectivity index (χ0v) is 8.26. The summed E-state index contributed by atoms with van der Waals surface area (Å²) in [5.74, 6) is 0. The molecule has 0 saturated carbocycles. The van der Waals surface area contributed by atoms with E-state index in [-0.39, 0.29) is 12.3 Å². The van der Waals surface area contributed by atoms with Crippen LogP contribution in [0.5, 0.6) is 0 Å². The Hall–Kier alpha value is -0.280. The molecule has 11 heavy (non-hydrogen) atoms. The van der Waals surface area contributed by atoms with Crippen molar-refractivity contribution in [3.8, 4) is 0 Å². The molecule has 0 amide bonds. The van der Waals surface area contributed by atoms with Crippen LogP contribution in [0, 0.1) is 0 Å². The van der Waals surface area contributed by atoms with Crippen LogP contribution >= 0.6 is 15.9 Å². The molecule has 0 radical (unpaired) electrons. The molecule has 1 atom stereocenters. The Balaban J connectivity index is 2.37. The van der Waals surface area contributed by atoms with Crippen molar-refractivity contribution in [2.75, 3.05) is 0 Å². The van der Waals surface area contributed by atoms with E-state index < -0.39 is 0 Å². The lowest BCUT2D eigenvalue weighted by Gasteiger charge is -2.19. The molecule has 0 aromatic heterocycles. The standard InChI is InChI=1S/C8H12BrNO/c1-6(2)11-8-4-3-7(9)5-10-8/h3-6,8,10H,1-2H3. The van der Waals surface area contributed by atoms with E-state index in [1.165, 1.54) is 0 Å². The van der Waals surface area contributed by atoms with E-state index in [1.54, 1.807) is 0 Å². The predicted octanol–water partition coefficient (Wildman–Crippen LogP) is 2.13. The maximum atomic E-state index is 5.48. The van der Waals surface area contributed by atoms with Crippen molar-refractivity contribution < 1.29 is 4.74 Å². The van der Waals surface area contributed by atoms with Crippen molar-refractivity contribution in [1.82, 2.24) is 5.32 Å². The number of nitrogens with one attached hydrogen (secondary N) is 1. The van der Waals surface area contributed by atoms with E-state index in [1.807, 2.05) is 32.2 Å². The quantitative estimate of drug-likeness (QED) is 0.766. The van der Waals surface area contributed by atoms with Gasteiger partial charge in [0.25, 0.3) is 0 Å². The minimum absolute atomic E-state index is 0.0244. The molecule has 0 spiro atoms.